The van der Waals surface area contributed by atoms with Crippen LogP contribution in [0.3, 0.4) is 0 Å². The predicted molar refractivity (Wildman–Crippen MR) is 71.3 cm³/mol. The molecule has 0 aromatic rings. The van der Waals surface area contributed by atoms with Crippen molar-refractivity contribution in [1.29, 1.82) is 0 Å². The summed E-state index contributed by atoms with van der Waals surface area (Å²) in [5.74, 6) is -2.76. The van der Waals surface area contributed by atoms with Crippen LogP contribution in [0.15, 0.2) is 0 Å². The van der Waals surface area contributed by atoms with Crippen molar-refractivity contribution in [3.05, 3.63) is 0 Å². The van der Waals surface area contributed by atoms with E-state index in [1.807, 2.05) is 27.7 Å². The van der Waals surface area contributed by atoms with Crippen LogP contribution in [0.25, 0.3) is 0 Å². The van der Waals surface area contributed by atoms with E-state index in [-0.39, 0.29) is 12.1 Å². The van der Waals surface area contributed by atoms with Gasteiger partial charge in [0, 0.05) is 0 Å². The van der Waals surface area contributed by atoms with Gasteiger partial charge in [-0.1, -0.05) is 0 Å². The number of ether oxygens (including phenoxy) is 4. The monoisotopic (exact) mass is 312 g/mol. The van der Waals surface area contributed by atoms with Crippen molar-refractivity contribution in [2.24, 2.45) is 0 Å². The topological polar surface area (TPSA) is 86.3 Å². The Labute approximate surface area is 128 Å². The Morgan fingerprint density at radius 1 is 1.00 bits per heavy atom. The van der Waals surface area contributed by atoms with E-state index in [2.05, 4.69) is 5.32 Å². The van der Waals surface area contributed by atoms with Gasteiger partial charge in [-0.15, -0.1) is 0 Å². The number of fused-ring (bicyclic) bond motifs is 6. The first-order valence-corrected chi connectivity index (χ1v) is 7.49. The zero-order chi connectivity index (χ0) is 15.9. The summed E-state index contributed by atoms with van der Waals surface area (Å²) in [5, 5.41) is 2.69. The Bertz CT molecular complexity index is 547. The van der Waals surface area contributed by atoms with Gasteiger partial charge in [-0.2, -0.15) is 0 Å². The van der Waals surface area contributed by atoms with Gasteiger partial charge in [0.25, 0.3) is 0 Å². The molecule has 4 aliphatic rings. The number of nitrogens with zero attached hydrogens (tertiary/aromatic N) is 1. The smallest absolute Gasteiger partial charge is 0.314 e. The van der Waals surface area contributed by atoms with Crippen LogP contribution in [-0.2, 0) is 28.5 Å². The molecule has 122 valence electrons. The first kappa shape index (κ1) is 14.4. The SMILES string of the molecule is CC1(C)OC[C@H]2[C@H](O1)[C@H]1OC(C)(C)O[C@H]1[C@@H]1NC(=O)C(=O)N21. The summed E-state index contributed by atoms with van der Waals surface area (Å²) in [6.07, 6.45) is -1.76. The van der Waals surface area contributed by atoms with E-state index in [9.17, 15) is 9.59 Å². The van der Waals surface area contributed by atoms with Crippen LogP contribution in [0, 0.1) is 0 Å². The molecule has 4 aliphatic heterocycles. The van der Waals surface area contributed by atoms with Crippen molar-refractivity contribution < 1.29 is 28.5 Å². The fraction of sp³-hybridized carbons (Fsp3) is 0.857. The first-order valence-electron chi connectivity index (χ1n) is 7.49. The number of amides is 2. The van der Waals surface area contributed by atoms with Crippen molar-refractivity contribution in [2.45, 2.75) is 69.8 Å². The molecule has 0 saturated carbocycles. The summed E-state index contributed by atoms with van der Waals surface area (Å²) in [4.78, 5) is 25.5. The third kappa shape index (κ3) is 1.91. The molecule has 4 heterocycles. The summed E-state index contributed by atoms with van der Waals surface area (Å²) >= 11 is 0. The molecule has 22 heavy (non-hydrogen) atoms. The maximum absolute atomic E-state index is 12.2. The van der Waals surface area contributed by atoms with Gasteiger partial charge in [0.2, 0.25) is 0 Å². The fourth-order valence-electron chi connectivity index (χ4n) is 3.77. The molecule has 1 N–H and O–H groups in total. The molecule has 0 bridgehead atoms. The highest BCUT2D eigenvalue weighted by Gasteiger charge is 2.64. The Hall–Kier alpha value is -1.22. The number of hydrogen-bond donors (Lipinski definition) is 1. The van der Waals surface area contributed by atoms with E-state index in [1.165, 1.54) is 4.90 Å². The van der Waals surface area contributed by atoms with Gasteiger partial charge in [-0.25, -0.2) is 0 Å². The Balaban J connectivity index is 1.74. The number of carbonyl (C=O) groups is 2. The molecule has 0 aromatic carbocycles. The Morgan fingerprint density at radius 2 is 1.64 bits per heavy atom. The normalized spacial score (nSPS) is 45.1. The molecule has 4 fully saturated rings. The number of piperidine rings is 1. The number of nitrogens with one attached hydrogen (secondary N) is 1. The zero-order valence-electron chi connectivity index (χ0n) is 13.0. The number of rotatable bonds is 0. The van der Waals surface area contributed by atoms with Gasteiger partial charge >= 0.3 is 11.8 Å². The lowest BCUT2D eigenvalue weighted by Crippen LogP contribution is -2.71. The summed E-state index contributed by atoms with van der Waals surface area (Å²) in [6.45, 7) is 7.56. The third-order valence-corrected chi connectivity index (χ3v) is 4.56. The standard InChI is InChI=1S/C14H20N2O6/c1-13(2)19-5-6-7(20-13)8-9(22-14(3,4)21-8)10-15-11(17)12(18)16(6)10/h6-10H,5H2,1-4H3,(H,15,17)/t6-,7-,8+,9+,10+/m0/s1. The minimum absolute atomic E-state index is 0.294. The molecule has 0 unspecified atom stereocenters. The van der Waals surface area contributed by atoms with E-state index in [1.54, 1.807) is 0 Å². The van der Waals surface area contributed by atoms with Crippen molar-refractivity contribution in [3.63, 3.8) is 0 Å². The van der Waals surface area contributed by atoms with Crippen molar-refractivity contribution in [3.8, 4) is 0 Å². The van der Waals surface area contributed by atoms with E-state index in [4.69, 9.17) is 18.9 Å². The second-order valence-corrected chi connectivity index (χ2v) is 7.06. The molecule has 4 saturated heterocycles. The van der Waals surface area contributed by atoms with Crippen LogP contribution < -0.4 is 5.32 Å². The van der Waals surface area contributed by atoms with Crippen LogP contribution >= 0.6 is 0 Å². The highest BCUT2D eigenvalue weighted by atomic mass is 16.8. The van der Waals surface area contributed by atoms with Crippen LogP contribution in [-0.4, -0.2) is 65.4 Å². The van der Waals surface area contributed by atoms with Crippen molar-refractivity contribution >= 4 is 11.8 Å². The summed E-state index contributed by atoms with van der Waals surface area (Å²) in [6, 6.07) is -0.372. The highest BCUT2D eigenvalue weighted by Crippen LogP contribution is 2.43. The Kier molecular flexibility index (Phi) is 2.74. The predicted octanol–water partition coefficient (Wildman–Crippen LogP) is -0.675. The summed E-state index contributed by atoms with van der Waals surface area (Å²) < 4.78 is 23.6. The van der Waals surface area contributed by atoms with Gasteiger partial charge in [-0.3, -0.25) is 9.59 Å². The summed E-state index contributed by atoms with van der Waals surface area (Å²) in [7, 11) is 0. The van der Waals surface area contributed by atoms with Gasteiger partial charge in [0.15, 0.2) is 11.6 Å². The summed E-state index contributed by atoms with van der Waals surface area (Å²) in [5.41, 5.74) is 0. The molecular weight excluding hydrogens is 292 g/mol. The average Bonchev–Trinajstić information content (AvgIpc) is 2.87. The van der Waals surface area contributed by atoms with Gasteiger partial charge in [-0.05, 0) is 27.7 Å². The second kappa shape index (κ2) is 4.19. The third-order valence-electron chi connectivity index (χ3n) is 4.56. The molecule has 2 amide bonds. The van der Waals surface area contributed by atoms with E-state index in [0.717, 1.165) is 0 Å². The van der Waals surface area contributed by atoms with Crippen LogP contribution in [0.5, 0.6) is 0 Å². The van der Waals surface area contributed by atoms with Crippen molar-refractivity contribution in [1.82, 2.24) is 10.2 Å². The lowest BCUT2D eigenvalue weighted by atomic mass is 9.91. The molecule has 5 atom stereocenters. The van der Waals surface area contributed by atoms with E-state index in [0.29, 0.717) is 6.61 Å². The second-order valence-electron chi connectivity index (χ2n) is 7.06. The van der Waals surface area contributed by atoms with E-state index >= 15 is 0 Å². The Morgan fingerprint density at radius 3 is 2.36 bits per heavy atom. The number of carbonyl (C=O) groups excluding carboxylic acids is 2. The molecule has 0 radical (unpaired) electrons. The van der Waals surface area contributed by atoms with E-state index < -0.39 is 41.8 Å². The lowest BCUT2D eigenvalue weighted by molar-refractivity contribution is -0.321. The highest BCUT2D eigenvalue weighted by molar-refractivity contribution is 6.37. The minimum Gasteiger partial charge on any atom is -0.348 e. The average molecular weight is 312 g/mol. The molecule has 8 nitrogen and oxygen atoms in total. The molecule has 0 aliphatic carbocycles. The quantitative estimate of drug-likeness (QED) is 0.597. The maximum Gasteiger partial charge on any atom is 0.314 e. The molecular formula is C14H20N2O6. The van der Waals surface area contributed by atoms with Gasteiger partial charge < -0.3 is 29.2 Å². The number of hydrogen-bond acceptors (Lipinski definition) is 6. The fourth-order valence-corrected chi connectivity index (χ4v) is 3.77. The van der Waals surface area contributed by atoms with Gasteiger partial charge in [0.1, 0.15) is 24.5 Å². The molecule has 0 aromatic heterocycles. The maximum atomic E-state index is 12.2. The largest absolute Gasteiger partial charge is 0.348 e. The zero-order valence-corrected chi connectivity index (χ0v) is 13.0. The van der Waals surface area contributed by atoms with Gasteiger partial charge in [0.05, 0.1) is 12.6 Å². The van der Waals surface area contributed by atoms with Crippen LogP contribution in [0.2, 0.25) is 0 Å². The molecule has 8 heteroatoms. The van der Waals surface area contributed by atoms with Crippen molar-refractivity contribution in [2.75, 3.05) is 6.61 Å². The minimum atomic E-state index is -0.794. The van der Waals surface area contributed by atoms with Crippen LogP contribution in [0.4, 0.5) is 0 Å². The molecule has 4 rings (SSSR count). The molecule has 0 spiro atoms. The lowest BCUT2D eigenvalue weighted by Gasteiger charge is -2.51. The van der Waals surface area contributed by atoms with Crippen LogP contribution in [0.1, 0.15) is 27.7 Å². The first-order chi connectivity index (χ1) is 10.2.